The number of nitro groups is 1. The standard InChI is InChI=1S/C18H15N3O5/c1-11-5-3-7-14(17(11)21(24)25)18(23)26-10-13-9-16(22)20-12(2)6-4-8-15(20)19-13/h3-9H,10H2,1-2H3. The molecule has 1 aromatic carbocycles. The lowest BCUT2D eigenvalue weighted by atomic mass is 10.1. The highest BCUT2D eigenvalue weighted by molar-refractivity contribution is 5.94. The van der Waals surface area contributed by atoms with E-state index in [4.69, 9.17) is 4.74 Å². The molecule has 0 fully saturated rings. The van der Waals surface area contributed by atoms with Crippen LogP contribution in [0.3, 0.4) is 0 Å². The zero-order valence-electron chi connectivity index (χ0n) is 14.1. The van der Waals surface area contributed by atoms with E-state index in [1.165, 1.54) is 16.5 Å². The fourth-order valence-corrected chi connectivity index (χ4v) is 2.72. The molecule has 0 aliphatic rings. The third-order valence-corrected chi connectivity index (χ3v) is 3.92. The Bertz CT molecular complexity index is 1090. The summed E-state index contributed by atoms with van der Waals surface area (Å²) in [6.45, 7) is 3.07. The number of rotatable bonds is 4. The van der Waals surface area contributed by atoms with Crippen molar-refractivity contribution in [3.8, 4) is 0 Å². The molecule has 0 spiro atoms. The second-order valence-corrected chi connectivity index (χ2v) is 5.75. The molecule has 0 saturated carbocycles. The first-order valence-corrected chi connectivity index (χ1v) is 7.78. The summed E-state index contributed by atoms with van der Waals surface area (Å²) in [6, 6.07) is 10.9. The van der Waals surface area contributed by atoms with Gasteiger partial charge in [-0.2, -0.15) is 0 Å². The molecule has 8 nitrogen and oxygen atoms in total. The zero-order chi connectivity index (χ0) is 18.8. The van der Waals surface area contributed by atoms with Crippen LogP contribution in [0.4, 0.5) is 5.69 Å². The van der Waals surface area contributed by atoms with Crippen LogP contribution in [-0.2, 0) is 11.3 Å². The number of hydrogen-bond acceptors (Lipinski definition) is 6. The number of ether oxygens (including phenoxy) is 1. The highest BCUT2D eigenvalue weighted by atomic mass is 16.6. The average Bonchev–Trinajstić information content (AvgIpc) is 2.59. The summed E-state index contributed by atoms with van der Waals surface area (Å²) in [5.41, 5.74) is 1.08. The second kappa shape index (κ2) is 6.75. The number of aromatic nitrogens is 2. The number of hydrogen-bond donors (Lipinski definition) is 0. The third-order valence-electron chi connectivity index (χ3n) is 3.92. The van der Waals surface area contributed by atoms with Gasteiger partial charge in [0.15, 0.2) is 0 Å². The molecular formula is C18H15N3O5. The highest BCUT2D eigenvalue weighted by Gasteiger charge is 2.23. The number of benzene rings is 1. The van der Waals surface area contributed by atoms with Crippen molar-refractivity contribution in [1.29, 1.82) is 0 Å². The van der Waals surface area contributed by atoms with E-state index >= 15 is 0 Å². The average molecular weight is 353 g/mol. The van der Waals surface area contributed by atoms with Crippen molar-refractivity contribution in [2.24, 2.45) is 0 Å². The molecule has 0 N–H and O–H groups in total. The van der Waals surface area contributed by atoms with Crippen molar-refractivity contribution in [3.63, 3.8) is 0 Å². The number of carbonyl (C=O) groups excluding carboxylic acids is 1. The van der Waals surface area contributed by atoms with E-state index in [1.54, 1.807) is 44.2 Å². The second-order valence-electron chi connectivity index (χ2n) is 5.75. The van der Waals surface area contributed by atoms with Crippen molar-refractivity contribution in [1.82, 2.24) is 9.38 Å². The number of nitro benzene ring substituents is 1. The molecule has 0 radical (unpaired) electrons. The highest BCUT2D eigenvalue weighted by Crippen LogP contribution is 2.24. The van der Waals surface area contributed by atoms with Gasteiger partial charge in [0, 0.05) is 17.3 Å². The predicted molar refractivity (Wildman–Crippen MR) is 93.2 cm³/mol. The van der Waals surface area contributed by atoms with Crippen molar-refractivity contribution in [2.45, 2.75) is 20.5 Å². The van der Waals surface area contributed by atoms with Gasteiger partial charge in [0.05, 0.1) is 10.6 Å². The van der Waals surface area contributed by atoms with Gasteiger partial charge in [0.1, 0.15) is 17.8 Å². The molecule has 132 valence electrons. The molecule has 0 unspecified atom stereocenters. The van der Waals surface area contributed by atoms with E-state index in [9.17, 15) is 19.7 Å². The predicted octanol–water partition coefficient (Wildman–Crippen LogP) is 2.58. The first-order valence-electron chi connectivity index (χ1n) is 7.78. The Kier molecular flexibility index (Phi) is 4.49. The van der Waals surface area contributed by atoms with Gasteiger partial charge in [0.2, 0.25) is 0 Å². The summed E-state index contributed by atoms with van der Waals surface area (Å²) in [5, 5.41) is 11.2. The number of para-hydroxylation sites is 1. The van der Waals surface area contributed by atoms with E-state index in [2.05, 4.69) is 4.98 Å². The number of carbonyl (C=O) groups is 1. The number of nitrogens with zero attached hydrogens (tertiary/aromatic N) is 3. The van der Waals surface area contributed by atoms with Gasteiger partial charge in [-0.1, -0.05) is 18.2 Å². The Morgan fingerprint density at radius 1 is 1.23 bits per heavy atom. The van der Waals surface area contributed by atoms with Crippen molar-refractivity contribution in [3.05, 3.63) is 85.4 Å². The Morgan fingerprint density at radius 2 is 1.96 bits per heavy atom. The summed E-state index contributed by atoms with van der Waals surface area (Å²) in [5.74, 6) is -0.841. The van der Waals surface area contributed by atoms with Crippen molar-refractivity contribution >= 4 is 17.3 Å². The lowest BCUT2D eigenvalue weighted by Gasteiger charge is -2.08. The van der Waals surface area contributed by atoms with E-state index in [1.807, 2.05) is 0 Å². The maximum Gasteiger partial charge on any atom is 0.345 e. The Morgan fingerprint density at radius 3 is 2.69 bits per heavy atom. The Hall–Kier alpha value is -3.55. The minimum Gasteiger partial charge on any atom is -0.455 e. The number of fused-ring (bicyclic) bond motifs is 1. The Balaban J connectivity index is 1.87. The summed E-state index contributed by atoms with van der Waals surface area (Å²) in [7, 11) is 0. The molecule has 3 aromatic rings. The summed E-state index contributed by atoms with van der Waals surface area (Å²) < 4.78 is 6.58. The third kappa shape index (κ3) is 3.16. The monoisotopic (exact) mass is 353 g/mol. The van der Waals surface area contributed by atoms with Gasteiger partial charge in [-0.05, 0) is 32.0 Å². The van der Waals surface area contributed by atoms with Crippen LogP contribution in [0.1, 0.15) is 27.3 Å². The molecule has 0 atom stereocenters. The lowest BCUT2D eigenvalue weighted by Crippen LogP contribution is -2.18. The summed E-state index contributed by atoms with van der Waals surface area (Å²) in [4.78, 5) is 39.3. The molecule has 0 aliphatic heterocycles. The van der Waals surface area contributed by atoms with Crippen LogP contribution in [0, 0.1) is 24.0 Å². The van der Waals surface area contributed by atoms with E-state index in [0.717, 1.165) is 5.69 Å². The van der Waals surface area contributed by atoms with Gasteiger partial charge in [-0.3, -0.25) is 19.3 Å². The normalized spacial score (nSPS) is 10.7. The minimum atomic E-state index is -0.841. The van der Waals surface area contributed by atoms with E-state index in [-0.39, 0.29) is 29.1 Å². The van der Waals surface area contributed by atoms with Crippen LogP contribution < -0.4 is 5.56 Å². The van der Waals surface area contributed by atoms with Gasteiger partial charge < -0.3 is 4.74 Å². The molecule has 0 amide bonds. The van der Waals surface area contributed by atoms with E-state index < -0.39 is 10.9 Å². The molecule has 0 bridgehead atoms. The molecular weight excluding hydrogens is 338 g/mol. The first kappa shape index (κ1) is 17.3. The zero-order valence-corrected chi connectivity index (χ0v) is 14.1. The maximum atomic E-state index is 12.3. The molecule has 3 rings (SSSR count). The summed E-state index contributed by atoms with van der Waals surface area (Å²) >= 11 is 0. The van der Waals surface area contributed by atoms with Gasteiger partial charge in [0.25, 0.3) is 11.2 Å². The van der Waals surface area contributed by atoms with Crippen LogP contribution in [0.2, 0.25) is 0 Å². The topological polar surface area (TPSA) is 104 Å². The minimum absolute atomic E-state index is 0.136. The molecule has 8 heteroatoms. The van der Waals surface area contributed by atoms with Gasteiger partial charge in [-0.15, -0.1) is 0 Å². The number of esters is 1. The smallest absolute Gasteiger partial charge is 0.345 e. The fraction of sp³-hybridized carbons (Fsp3) is 0.167. The molecule has 0 aliphatic carbocycles. The van der Waals surface area contributed by atoms with Crippen molar-refractivity contribution in [2.75, 3.05) is 0 Å². The van der Waals surface area contributed by atoms with Crippen LogP contribution in [0.5, 0.6) is 0 Å². The molecule has 2 heterocycles. The molecule has 26 heavy (non-hydrogen) atoms. The van der Waals surface area contributed by atoms with Crippen LogP contribution in [-0.4, -0.2) is 20.3 Å². The van der Waals surface area contributed by atoms with Crippen LogP contribution >= 0.6 is 0 Å². The lowest BCUT2D eigenvalue weighted by molar-refractivity contribution is -0.385. The van der Waals surface area contributed by atoms with Crippen LogP contribution in [0.15, 0.2) is 47.3 Å². The SMILES string of the molecule is Cc1cccc(C(=O)OCc2cc(=O)n3c(C)cccc3n2)c1[N+](=O)[O-]. The van der Waals surface area contributed by atoms with Crippen LogP contribution in [0.25, 0.3) is 5.65 Å². The van der Waals surface area contributed by atoms with E-state index in [0.29, 0.717) is 11.2 Å². The van der Waals surface area contributed by atoms with Gasteiger partial charge in [-0.25, -0.2) is 9.78 Å². The fourth-order valence-electron chi connectivity index (χ4n) is 2.72. The quantitative estimate of drug-likeness (QED) is 0.406. The van der Waals surface area contributed by atoms with Crippen molar-refractivity contribution < 1.29 is 14.5 Å². The maximum absolute atomic E-state index is 12.3. The number of pyridine rings is 1. The number of aryl methyl sites for hydroxylation is 2. The largest absolute Gasteiger partial charge is 0.455 e. The molecule has 2 aromatic heterocycles. The van der Waals surface area contributed by atoms with Gasteiger partial charge >= 0.3 is 5.97 Å². The summed E-state index contributed by atoms with van der Waals surface area (Å²) in [6.07, 6.45) is 0. The molecule has 0 saturated heterocycles. The first-order chi connectivity index (χ1) is 12.4. The Labute approximate surface area is 147 Å².